The topological polar surface area (TPSA) is 81.4 Å². The number of hydrogen-bond donors (Lipinski definition) is 1. The number of carbonyl (C=O) groups is 2. The summed E-state index contributed by atoms with van der Waals surface area (Å²) in [6.45, 7) is 7.74. The van der Waals surface area contributed by atoms with E-state index in [1.165, 1.54) is 13.8 Å². The van der Waals surface area contributed by atoms with Crippen molar-refractivity contribution in [1.29, 1.82) is 0 Å². The molecule has 3 aromatic carbocycles. The first-order chi connectivity index (χ1) is 17.1. The molecule has 1 N–H and O–H groups in total. The highest BCUT2D eigenvalue weighted by Crippen LogP contribution is 2.23. The van der Waals surface area contributed by atoms with Gasteiger partial charge >= 0.3 is 5.97 Å². The first-order valence-corrected chi connectivity index (χ1v) is 11.8. The molecule has 0 fully saturated rings. The number of hydrogen-bond acceptors (Lipinski definition) is 4. The highest BCUT2D eigenvalue weighted by molar-refractivity contribution is 6.14. The fourth-order valence-electron chi connectivity index (χ4n) is 3.83. The minimum atomic E-state index is -1.23. The van der Waals surface area contributed by atoms with Crippen LogP contribution in [-0.2, 0) is 16.1 Å². The number of rotatable bonds is 9. The lowest BCUT2D eigenvalue weighted by atomic mass is 10.0. The Kier molecular flexibility index (Phi) is 7.17. The number of para-hydroxylation sites is 1. The van der Waals surface area contributed by atoms with E-state index < -0.39 is 11.6 Å². The Morgan fingerprint density at radius 3 is 2.33 bits per heavy atom. The van der Waals surface area contributed by atoms with E-state index in [0.29, 0.717) is 17.8 Å². The Bertz CT molecular complexity index is 1430. The molecular weight excluding hydrogens is 452 g/mol. The summed E-state index contributed by atoms with van der Waals surface area (Å²) in [4.78, 5) is 24.4. The van der Waals surface area contributed by atoms with E-state index in [-0.39, 0.29) is 12.4 Å². The predicted molar refractivity (Wildman–Crippen MR) is 141 cm³/mol. The van der Waals surface area contributed by atoms with Crippen molar-refractivity contribution in [3.63, 3.8) is 0 Å². The molecule has 6 heteroatoms. The average molecular weight is 483 g/mol. The van der Waals surface area contributed by atoms with E-state index in [1.54, 1.807) is 0 Å². The van der Waals surface area contributed by atoms with Crippen LogP contribution in [0, 0.1) is 6.92 Å². The second-order valence-corrected chi connectivity index (χ2v) is 9.55. The van der Waals surface area contributed by atoms with Gasteiger partial charge in [0.15, 0.2) is 5.60 Å². The molecule has 0 amide bonds. The summed E-state index contributed by atoms with van der Waals surface area (Å²) in [5.74, 6) is -1.08. The molecule has 0 radical (unpaired) electrons. The zero-order valence-corrected chi connectivity index (χ0v) is 21.0. The van der Waals surface area contributed by atoms with Crippen LogP contribution in [0.4, 0.5) is 0 Å². The van der Waals surface area contributed by atoms with Gasteiger partial charge in [0.05, 0.1) is 18.7 Å². The van der Waals surface area contributed by atoms with Crippen molar-refractivity contribution < 1.29 is 19.4 Å². The number of ether oxygens (including phenoxy) is 1. The van der Waals surface area contributed by atoms with E-state index in [4.69, 9.17) is 9.84 Å². The van der Waals surface area contributed by atoms with Crippen LogP contribution in [0.15, 0.2) is 78.4 Å². The highest BCUT2D eigenvalue weighted by atomic mass is 16.5. The molecule has 36 heavy (non-hydrogen) atoms. The molecular formula is C30H30N2O4. The normalized spacial score (nSPS) is 12.2. The number of fused-ring (bicyclic) bond motifs is 1. The second-order valence-electron chi connectivity index (χ2n) is 9.55. The van der Waals surface area contributed by atoms with Gasteiger partial charge in [0.1, 0.15) is 5.69 Å². The van der Waals surface area contributed by atoms with Crippen LogP contribution < -0.4 is 0 Å². The van der Waals surface area contributed by atoms with Gasteiger partial charge in [0.2, 0.25) is 5.78 Å². The van der Waals surface area contributed by atoms with Crippen molar-refractivity contribution in [3.05, 3.63) is 106 Å². The monoisotopic (exact) mass is 482 g/mol. The van der Waals surface area contributed by atoms with Gasteiger partial charge < -0.3 is 9.84 Å². The average Bonchev–Trinajstić information content (AvgIpc) is 3.22. The third-order valence-corrected chi connectivity index (χ3v) is 6.09. The Morgan fingerprint density at radius 2 is 1.67 bits per heavy atom. The van der Waals surface area contributed by atoms with Gasteiger partial charge in [-0.3, -0.25) is 9.48 Å². The van der Waals surface area contributed by atoms with E-state index >= 15 is 0 Å². The quantitative estimate of drug-likeness (QED) is 0.300. The Hall–Kier alpha value is -4.03. The summed E-state index contributed by atoms with van der Waals surface area (Å²) in [7, 11) is 0. The molecule has 0 spiro atoms. The molecule has 0 bridgehead atoms. The Balaban J connectivity index is 1.53. The van der Waals surface area contributed by atoms with Crippen molar-refractivity contribution in [2.24, 2.45) is 0 Å². The molecule has 1 aromatic heterocycles. The summed E-state index contributed by atoms with van der Waals surface area (Å²) in [5, 5.41) is 14.7. The molecule has 0 unspecified atom stereocenters. The van der Waals surface area contributed by atoms with Crippen LogP contribution in [-0.4, -0.2) is 38.8 Å². The molecule has 1 heterocycles. The molecule has 0 aliphatic carbocycles. The molecule has 0 aliphatic heterocycles. The van der Waals surface area contributed by atoms with Crippen LogP contribution in [0.25, 0.3) is 17.0 Å². The lowest BCUT2D eigenvalue weighted by Crippen LogP contribution is -2.35. The minimum absolute atomic E-state index is 0.0887. The summed E-state index contributed by atoms with van der Waals surface area (Å²) < 4.78 is 7.39. The number of carboxylic acid groups (broad SMARTS) is 1. The van der Waals surface area contributed by atoms with Gasteiger partial charge in [-0.1, -0.05) is 78.4 Å². The van der Waals surface area contributed by atoms with Crippen LogP contribution in [0.2, 0.25) is 0 Å². The number of carboxylic acids is 1. The second kappa shape index (κ2) is 10.3. The number of aliphatic carboxylic acids is 1. The van der Waals surface area contributed by atoms with Gasteiger partial charge in [-0.2, -0.15) is 5.10 Å². The van der Waals surface area contributed by atoms with Crippen molar-refractivity contribution in [2.75, 3.05) is 6.61 Å². The zero-order valence-electron chi connectivity index (χ0n) is 21.0. The van der Waals surface area contributed by atoms with E-state index in [2.05, 4.69) is 0 Å². The number of aryl methyl sites for hydroxylation is 1. The lowest BCUT2D eigenvalue weighted by molar-refractivity contribution is -0.160. The predicted octanol–water partition coefficient (Wildman–Crippen LogP) is 5.91. The lowest BCUT2D eigenvalue weighted by Gasteiger charge is -2.20. The van der Waals surface area contributed by atoms with E-state index in [9.17, 15) is 14.7 Å². The molecule has 184 valence electrons. The van der Waals surface area contributed by atoms with Crippen molar-refractivity contribution in [1.82, 2.24) is 9.78 Å². The molecule has 0 aliphatic rings. The van der Waals surface area contributed by atoms with Gasteiger partial charge in [-0.25, -0.2) is 4.79 Å². The third kappa shape index (κ3) is 5.61. The number of ketones is 1. The SMILES string of the molecule is CC(=Cc1ccc(Cn2nc(C(=O)c3ccc(C)cc3)c3ccccc32)cc1)COC(C)(C)C(=O)O. The maximum atomic E-state index is 13.2. The molecule has 4 aromatic rings. The first kappa shape index (κ1) is 25.1. The maximum Gasteiger partial charge on any atom is 0.335 e. The van der Waals surface area contributed by atoms with Crippen LogP contribution in [0.1, 0.15) is 53.5 Å². The summed E-state index contributed by atoms with van der Waals surface area (Å²) in [6, 6.07) is 23.4. The number of carbonyl (C=O) groups excluding carboxylic acids is 1. The fraction of sp³-hybridized carbons (Fsp3) is 0.233. The summed E-state index contributed by atoms with van der Waals surface area (Å²) in [6.07, 6.45) is 1.98. The molecule has 6 nitrogen and oxygen atoms in total. The number of nitrogens with zero attached hydrogens (tertiary/aromatic N) is 2. The van der Waals surface area contributed by atoms with E-state index in [1.807, 2.05) is 97.4 Å². The summed E-state index contributed by atoms with van der Waals surface area (Å²) in [5.41, 5.74) is 4.83. The maximum absolute atomic E-state index is 13.2. The van der Waals surface area contributed by atoms with Gasteiger partial charge in [0, 0.05) is 10.9 Å². The molecule has 0 saturated carbocycles. The largest absolute Gasteiger partial charge is 0.479 e. The fourth-order valence-corrected chi connectivity index (χ4v) is 3.83. The third-order valence-electron chi connectivity index (χ3n) is 6.09. The van der Waals surface area contributed by atoms with Crippen LogP contribution >= 0.6 is 0 Å². The van der Waals surface area contributed by atoms with Gasteiger partial charge in [-0.15, -0.1) is 0 Å². The molecule has 0 saturated heterocycles. The number of benzene rings is 3. The van der Waals surface area contributed by atoms with E-state index in [0.717, 1.165) is 33.2 Å². The highest BCUT2D eigenvalue weighted by Gasteiger charge is 2.27. The number of aromatic nitrogens is 2. The van der Waals surface area contributed by atoms with Crippen LogP contribution in [0.5, 0.6) is 0 Å². The van der Waals surface area contributed by atoms with Crippen molar-refractivity contribution >= 4 is 28.7 Å². The van der Waals surface area contributed by atoms with Crippen molar-refractivity contribution in [2.45, 2.75) is 39.8 Å². The zero-order chi connectivity index (χ0) is 25.9. The molecule has 0 atom stereocenters. The van der Waals surface area contributed by atoms with Gasteiger partial charge in [0.25, 0.3) is 0 Å². The smallest absolute Gasteiger partial charge is 0.335 e. The van der Waals surface area contributed by atoms with Gasteiger partial charge in [-0.05, 0) is 50.5 Å². The molecule has 4 rings (SSSR count). The minimum Gasteiger partial charge on any atom is -0.479 e. The van der Waals surface area contributed by atoms with Crippen LogP contribution in [0.3, 0.4) is 0 Å². The summed E-state index contributed by atoms with van der Waals surface area (Å²) >= 11 is 0. The first-order valence-electron chi connectivity index (χ1n) is 11.8. The Labute approximate surface area is 210 Å². The standard InChI is InChI=1S/C30H30N2O4/c1-20-9-15-24(16-10-20)28(33)27-25-7-5-6-8-26(25)32(31-27)18-23-13-11-22(12-14-23)17-21(2)19-36-30(3,4)29(34)35/h5-17H,18-19H2,1-4H3,(H,34,35). The Morgan fingerprint density at radius 1 is 1.00 bits per heavy atom. The van der Waals surface area contributed by atoms with Crippen molar-refractivity contribution in [3.8, 4) is 0 Å².